The Balaban J connectivity index is 2.19. The quantitative estimate of drug-likeness (QED) is 0.776. The third kappa shape index (κ3) is 1.79. The van der Waals surface area contributed by atoms with Crippen LogP contribution >= 0.6 is 27.3 Å². The van der Waals surface area contributed by atoms with E-state index in [0.29, 0.717) is 22.0 Å². The Morgan fingerprint density at radius 2 is 2.18 bits per heavy atom. The molecular weight excluding hydrogens is 304 g/mol. The molecule has 0 aliphatic rings. The third-order valence-electron chi connectivity index (χ3n) is 2.28. The van der Waals surface area contributed by atoms with Crippen molar-refractivity contribution in [3.05, 3.63) is 34.3 Å². The molecule has 0 atom stereocenters. The monoisotopic (exact) mass is 310 g/mol. The van der Waals surface area contributed by atoms with Crippen molar-refractivity contribution in [2.75, 3.05) is 5.73 Å². The summed E-state index contributed by atoms with van der Waals surface area (Å²) in [6.45, 7) is 0. The molecule has 0 unspecified atom stereocenters. The number of nitrogens with zero attached hydrogens (tertiary/aromatic N) is 1. The Kier molecular flexibility index (Phi) is 2.53. The van der Waals surface area contributed by atoms with Gasteiger partial charge in [-0.15, -0.1) is 11.3 Å². The molecule has 0 saturated carbocycles. The van der Waals surface area contributed by atoms with E-state index in [4.69, 9.17) is 14.7 Å². The van der Waals surface area contributed by atoms with Crippen LogP contribution < -0.4 is 5.73 Å². The summed E-state index contributed by atoms with van der Waals surface area (Å²) in [6, 6.07) is 7.52. The van der Waals surface area contributed by atoms with Gasteiger partial charge in [-0.2, -0.15) is 0 Å². The highest BCUT2D eigenvalue weighted by Crippen LogP contribution is 2.39. The molecule has 3 heterocycles. The van der Waals surface area contributed by atoms with Crippen LogP contribution in [0.2, 0.25) is 0 Å². The Bertz CT molecular complexity index is 642. The molecule has 17 heavy (non-hydrogen) atoms. The fourth-order valence-electron chi connectivity index (χ4n) is 1.57. The number of furan rings is 1. The first-order valence-electron chi connectivity index (χ1n) is 4.80. The maximum absolute atomic E-state index is 5.83. The fraction of sp³-hybridized carbons (Fsp3) is 0. The highest BCUT2D eigenvalue weighted by molar-refractivity contribution is 9.10. The van der Waals surface area contributed by atoms with Crippen molar-refractivity contribution in [1.82, 2.24) is 5.16 Å². The molecule has 4 nitrogen and oxygen atoms in total. The molecule has 0 saturated heterocycles. The number of hydrogen-bond acceptors (Lipinski definition) is 5. The molecule has 3 aromatic rings. The van der Waals surface area contributed by atoms with Crippen LogP contribution in [0.1, 0.15) is 0 Å². The van der Waals surface area contributed by atoms with Crippen LogP contribution in [0.15, 0.2) is 43.3 Å². The van der Waals surface area contributed by atoms with Gasteiger partial charge in [0.2, 0.25) is 5.76 Å². The molecule has 0 fully saturated rings. The summed E-state index contributed by atoms with van der Waals surface area (Å²) < 4.78 is 11.3. The molecule has 0 spiro atoms. The Morgan fingerprint density at radius 3 is 2.82 bits per heavy atom. The molecule has 0 bridgehead atoms. The fourth-order valence-corrected chi connectivity index (χ4v) is 2.65. The average Bonchev–Trinajstić information content (AvgIpc) is 2.97. The lowest BCUT2D eigenvalue weighted by Crippen LogP contribution is -1.86. The number of rotatable bonds is 2. The van der Waals surface area contributed by atoms with Gasteiger partial charge >= 0.3 is 0 Å². The van der Waals surface area contributed by atoms with Crippen molar-refractivity contribution in [2.45, 2.75) is 0 Å². The second kappa shape index (κ2) is 4.05. The van der Waals surface area contributed by atoms with Gasteiger partial charge in [0, 0.05) is 4.88 Å². The number of thiophene rings is 1. The molecule has 3 aromatic heterocycles. The first-order chi connectivity index (χ1) is 8.25. The minimum absolute atomic E-state index is 0.370. The van der Waals surface area contributed by atoms with Gasteiger partial charge in [0.05, 0.1) is 5.56 Å². The van der Waals surface area contributed by atoms with Crippen molar-refractivity contribution in [3.63, 3.8) is 0 Å². The molecule has 0 amide bonds. The molecule has 0 aliphatic carbocycles. The molecular formula is C11H7BrN2O2S. The number of aromatic nitrogens is 1. The molecule has 2 N–H and O–H groups in total. The summed E-state index contributed by atoms with van der Waals surface area (Å²) >= 11 is 4.83. The van der Waals surface area contributed by atoms with Crippen LogP contribution in [0.3, 0.4) is 0 Å². The van der Waals surface area contributed by atoms with Gasteiger partial charge in [-0.3, -0.25) is 0 Å². The zero-order chi connectivity index (χ0) is 11.8. The van der Waals surface area contributed by atoms with E-state index in [1.807, 2.05) is 17.5 Å². The van der Waals surface area contributed by atoms with Crippen LogP contribution in [-0.4, -0.2) is 5.16 Å². The summed E-state index contributed by atoms with van der Waals surface area (Å²) in [5.74, 6) is 1.52. The Labute approximate surface area is 109 Å². The summed E-state index contributed by atoms with van der Waals surface area (Å²) in [5.41, 5.74) is 6.60. The van der Waals surface area contributed by atoms with Crippen LogP contribution in [0, 0.1) is 0 Å². The van der Waals surface area contributed by atoms with Crippen molar-refractivity contribution < 1.29 is 8.94 Å². The summed E-state index contributed by atoms with van der Waals surface area (Å²) in [4.78, 5) is 1.01. The predicted molar refractivity (Wildman–Crippen MR) is 69.6 cm³/mol. The van der Waals surface area contributed by atoms with Crippen molar-refractivity contribution in [3.8, 4) is 22.0 Å². The third-order valence-corrected chi connectivity index (χ3v) is 3.60. The average molecular weight is 311 g/mol. The highest BCUT2D eigenvalue weighted by atomic mass is 79.9. The number of hydrogen-bond donors (Lipinski definition) is 1. The van der Waals surface area contributed by atoms with Gasteiger partial charge in [-0.05, 0) is 39.5 Å². The Morgan fingerprint density at radius 1 is 1.29 bits per heavy atom. The number of nitrogens with two attached hydrogens (primary N) is 1. The molecule has 0 radical (unpaired) electrons. The SMILES string of the molecule is Nc1noc(-c2ccc(Br)o2)c1-c1cccs1. The van der Waals surface area contributed by atoms with Gasteiger partial charge in [0.1, 0.15) is 0 Å². The van der Waals surface area contributed by atoms with E-state index in [-0.39, 0.29) is 0 Å². The maximum Gasteiger partial charge on any atom is 0.212 e. The van der Waals surface area contributed by atoms with E-state index in [9.17, 15) is 0 Å². The first-order valence-corrected chi connectivity index (χ1v) is 6.47. The second-order valence-electron chi connectivity index (χ2n) is 3.35. The summed E-state index contributed by atoms with van der Waals surface area (Å²) in [6.07, 6.45) is 0. The molecule has 0 aromatic carbocycles. The lowest BCUT2D eigenvalue weighted by molar-refractivity contribution is 0.419. The topological polar surface area (TPSA) is 65.2 Å². The Hall–Kier alpha value is -1.53. The summed E-state index contributed by atoms with van der Waals surface area (Å²) in [7, 11) is 0. The molecule has 6 heteroatoms. The lowest BCUT2D eigenvalue weighted by Gasteiger charge is -1.95. The van der Waals surface area contributed by atoms with Gasteiger partial charge in [-0.1, -0.05) is 11.2 Å². The number of halogens is 1. The van der Waals surface area contributed by atoms with Crippen LogP contribution in [-0.2, 0) is 0 Å². The molecule has 0 aliphatic heterocycles. The van der Waals surface area contributed by atoms with Crippen LogP contribution in [0.4, 0.5) is 5.82 Å². The van der Waals surface area contributed by atoms with Crippen molar-refractivity contribution >= 4 is 33.1 Å². The van der Waals surface area contributed by atoms with Gasteiger partial charge < -0.3 is 14.7 Å². The standard InChI is InChI=1S/C11H7BrN2O2S/c12-8-4-3-6(15-8)10-9(11(13)14-16-10)7-2-1-5-17-7/h1-5H,(H2,13,14). The number of nitrogen functional groups attached to an aromatic ring is 1. The van der Waals surface area contributed by atoms with E-state index < -0.39 is 0 Å². The molecule has 3 rings (SSSR count). The minimum Gasteiger partial charge on any atom is -0.446 e. The molecule has 86 valence electrons. The highest BCUT2D eigenvalue weighted by Gasteiger charge is 2.20. The first kappa shape index (κ1) is 10.6. The van der Waals surface area contributed by atoms with Gasteiger partial charge in [0.25, 0.3) is 0 Å². The largest absolute Gasteiger partial charge is 0.446 e. The normalized spacial score (nSPS) is 10.9. The zero-order valence-electron chi connectivity index (χ0n) is 8.51. The zero-order valence-corrected chi connectivity index (χ0v) is 10.9. The number of anilines is 1. The van der Waals surface area contributed by atoms with E-state index >= 15 is 0 Å². The second-order valence-corrected chi connectivity index (χ2v) is 5.08. The minimum atomic E-state index is 0.370. The van der Waals surface area contributed by atoms with Crippen LogP contribution in [0.25, 0.3) is 22.0 Å². The van der Waals surface area contributed by atoms with E-state index in [2.05, 4.69) is 21.1 Å². The van der Waals surface area contributed by atoms with Gasteiger partial charge in [0.15, 0.2) is 16.2 Å². The summed E-state index contributed by atoms with van der Waals surface area (Å²) in [5, 5.41) is 5.77. The van der Waals surface area contributed by atoms with Gasteiger partial charge in [-0.25, -0.2) is 0 Å². The van der Waals surface area contributed by atoms with E-state index in [1.165, 1.54) is 0 Å². The predicted octanol–water partition coefficient (Wildman–Crippen LogP) is 4.01. The maximum atomic E-state index is 5.83. The van der Waals surface area contributed by atoms with Crippen molar-refractivity contribution in [1.29, 1.82) is 0 Å². The van der Waals surface area contributed by atoms with E-state index in [0.717, 1.165) is 10.4 Å². The van der Waals surface area contributed by atoms with E-state index in [1.54, 1.807) is 23.5 Å². The van der Waals surface area contributed by atoms with Crippen molar-refractivity contribution in [2.24, 2.45) is 0 Å². The smallest absolute Gasteiger partial charge is 0.212 e. The lowest BCUT2D eigenvalue weighted by atomic mass is 10.2. The van der Waals surface area contributed by atoms with Crippen LogP contribution in [0.5, 0.6) is 0 Å².